The quantitative estimate of drug-likeness (QED) is 0.532. The summed E-state index contributed by atoms with van der Waals surface area (Å²) in [6, 6.07) is 16.1. The lowest BCUT2D eigenvalue weighted by Crippen LogP contribution is -2.47. The molecule has 2 N–H and O–H groups in total. The van der Waals surface area contributed by atoms with Crippen molar-refractivity contribution in [2.24, 2.45) is 5.92 Å². The van der Waals surface area contributed by atoms with Crippen molar-refractivity contribution in [1.82, 2.24) is 10.2 Å². The molecule has 0 aliphatic heterocycles. The number of carbonyl (C=O) groups is 3. The number of carbonyl (C=O) groups excluding carboxylic acids is 2. The van der Waals surface area contributed by atoms with E-state index in [-0.39, 0.29) is 36.8 Å². The summed E-state index contributed by atoms with van der Waals surface area (Å²) in [6.45, 7) is 0.625. The zero-order valence-corrected chi connectivity index (χ0v) is 20.2. The van der Waals surface area contributed by atoms with Crippen LogP contribution in [0.25, 0.3) is 11.1 Å². The van der Waals surface area contributed by atoms with Crippen molar-refractivity contribution in [2.45, 2.75) is 56.9 Å². The SMILES string of the molecule is CN(CCCC(=O)O)C(=O)C1CCCCCC1NC(=O)OCC1c2ccccc2-c2ccccc21. The number of carboxylic acids is 1. The van der Waals surface area contributed by atoms with Crippen molar-refractivity contribution in [3.05, 3.63) is 59.7 Å². The number of fused-ring (bicyclic) bond motifs is 3. The Bertz CT molecular complexity index is 1020. The van der Waals surface area contributed by atoms with Gasteiger partial charge < -0.3 is 20.1 Å². The van der Waals surface area contributed by atoms with Gasteiger partial charge in [0.25, 0.3) is 0 Å². The number of amides is 2. The fourth-order valence-corrected chi connectivity index (χ4v) is 5.43. The molecule has 2 aliphatic rings. The number of nitrogens with zero attached hydrogens (tertiary/aromatic N) is 1. The molecular weight excluding hydrogens is 444 g/mol. The number of carboxylic acid groups (broad SMARTS) is 1. The van der Waals surface area contributed by atoms with Crippen molar-refractivity contribution in [1.29, 1.82) is 0 Å². The molecule has 2 amide bonds. The van der Waals surface area contributed by atoms with Crippen LogP contribution in [0.1, 0.15) is 62.0 Å². The number of alkyl carbamates (subject to hydrolysis) is 1. The molecule has 7 heteroatoms. The van der Waals surface area contributed by atoms with E-state index in [0.29, 0.717) is 19.4 Å². The fourth-order valence-electron chi connectivity index (χ4n) is 5.43. The molecule has 2 aromatic carbocycles. The van der Waals surface area contributed by atoms with Crippen molar-refractivity contribution in [3.8, 4) is 11.1 Å². The molecule has 2 atom stereocenters. The highest BCUT2D eigenvalue weighted by atomic mass is 16.5. The number of nitrogens with one attached hydrogen (secondary N) is 1. The number of hydrogen-bond acceptors (Lipinski definition) is 4. The first-order chi connectivity index (χ1) is 17.0. The van der Waals surface area contributed by atoms with E-state index in [2.05, 4.69) is 29.6 Å². The Morgan fingerprint density at radius 2 is 1.60 bits per heavy atom. The zero-order valence-electron chi connectivity index (χ0n) is 20.2. The lowest BCUT2D eigenvalue weighted by atomic mass is 9.93. The van der Waals surface area contributed by atoms with E-state index >= 15 is 0 Å². The molecule has 4 rings (SSSR count). The predicted octanol–water partition coefficient (Wildman–Crippen LogP) is 4.80. The standard InChI is InChI=1S/C28H34N2O5/c1-30(17-9-16-26(31)32)27(33)23-14-3-2-4-15-25(23)29-28(34)35-18-24-21-12-7-5-10-19(21)20-11-6-8-13-22(20)24/h5-8,10-13,23-25H,2-4,9,14-18H2,1H3,(H,29,34)(H,31,32). The minimum Gasteiger partial charge on any atom is -0.481 e. The van der Waals surface area contributed by atoms with E-state index < -0.39 is 12.1 Å². The molecule has 0 heterocycles. The number of benzene rings is 2. The van der Waals surface area contributed by atoms with Gasteiger partial charge in [0.15, 0.2) is 0 Å². The highest BCUT2D eigenvalue weighted by Gasteiger charge is 2.34. The first-order valence-electron chi connectivity index (χ1n) is 12.5. The molecule has 0 spiro atoms. The van der Waals surface area contributed by atoms with Gasteiger partial charge in [-0.3, -0.25) is 9.59 Å². The monoisotopic (exact) mass is 478 g/mol. The Labute approximate surface area is 206 Å². The summed E-state index contributed by atoms with van der Waals surface area (Å²) in [5.41, 5.74) is 4.67. The van der Waals surface area contributed by atoms with Gasteiger partial charge in [-0.2, -0.15) is 0 Å². The third-order valence-corrected chi connectivity index (χ3v) is 7.24. The smallest absolute Gasteiger partial charge is 0.407 e. The average Bonchev–Trinajstić information content (AvgIpc) is 2.98. The third kappa shape index (κ3) is 5.84. The van der Waals surface area contributed by atoms with Crippen LogP contribution < -0.4 is 5.32 Å². The molecule has 0 radical (unpaired) electrons. The van der Waals surface area contributed by atoms with Crippen LogP contribution in [0, 0.1) is 5.92 Å². The van der Waals surface area contributed by atoms with Gasteiger partial charge in [-0.25, -0.2) is 4.79 Å². The second-order valence-corrected chi connectivity index (χ2v) is 9.58. The predicted molar refractivity (Wildman–Crippen MR) is 133 cm³/mol. The van der Waals surface area contributed by atoms with E-state index in [0.717, 1.165) is 36.8 Å². The number of hydrogen-bond donors (Lipinski definition) is 2. The van der Waals surface area contributed by atoms with Gasteiger partial charge >= 0.3 is 12.1 Å². The topological polar surface area (TPSA) is 95.9 Å². The highest BCUT2D eigenvalue weighted by Crippen LogP contribution is 2.44. The molecule has 0 aromatic heterocycles. The van der Waals surface area contributed by atoms with Crippen molar-refractivity contribution in [3.63, 3.8) is 0 Å². The maximum Gasteiger partial charge on any atom is 0.407 e. The van der Waals surface area contributed by atoms with Crippen LogP contribution >= 0.6 is 0 Å². The molecular formula is C28H34N2O5. The summed E-state index contributed by atoms with van der Waals surface area (Å²) in [7, 11) is 1.71. The van der Waals surface area contributed by atoms with Gasteiger partial charge in [-0.05, 0) is 41.5 Å². The molecule has 186 valence electrons. The number of ether oxygens (including phenoxy) is 1. The van der Waals surface area contributed by atoms with Gasteiger partial charge in [0.2, 0.25) is 5.91 Å². The maximum atomic E-state index is 13.1. The van der Waals surface area contributed by atoms with Crippen molar-refractivity contribution in [2.75, 3.05) is 20.2 Å². The lowest BCUT2D eigenvalue weighted by Gasteiger charge is -2.29. The number of rotatable bonds is 8. The van der Waals surface area contributed by atoms with Crippen LogP contribution in [0.2, 0.25) is 0 Å². The van der Waals surface area contributed by atoms with Crippen LogP contribution in [0.5, 0.6) is 0 Å². The van der Waals surface area contributed by atoms with E-state index in [1.165, 1.54) is 11.1 Å². The van der Waals surface area contributed by atoms with Crippen LogP contribution in [0.4, 0.5) is 4.79 Å². The summed E-state index contributed by atoms with van der Waals surface area (Å²) in [6.07, 6.45) is 4.28. The Kier molecular flexibility index (Phi) is 8.06. The lowest BCUT2D eigenvalue weighted by molar-refractivity contribution is -0.139. The molecule has 7 nitrogen and oxygen atoms in total. The van der Waals surface area contributed by atoms with Crippen LogP contribution in [0.15, 0.2) is 48.5 Å². The Balaban J connectivity index is 1.38. The summed E-state index contributed by atoms with van der Waals surface area (Å²) in [5, 5.41) is 11.9. The minimum absolute atomic E-state index is 0.0138. The van der Waals surface area contributed by atoms with Crippen molar-refractivity contribution < 1.29 is 24.2 Å². The molecule has 2 unspecified atom stereocenters. The van der Waals surface area contributed by atoms with E-state index in [1.807, 2.05) is 24.3 Å². The normalized spacial score (nSPS) is 19.2. The third-order valence-electron chi connectivity index (χ3n) is 7.24. The van der Waals surface area contributed by atoms with E-state index in [1.54, 1.807) is 11.9 Å². The Morgan fingerprint density at radius 1 is 0.971 bits per heavy atom. The summed E-state index contributed by atoms with van der Waals surface area (Å²) < 4.78 is 5.72. The van der Waals surface area contributed by atoms with Crippen LogP contribution in [-0.2, 0) is 14.3 Å². The van der Waals surface area contributed by atoms with Crippen LogP contribution in [-0.4, -0.2) is 54.2 Å². The zero-order chi connectivity index (χ0) is 24.8. The van der Waals surface area contributed by atoms with Gasteiger partial charge in [0, 0.05) is 32.0 Å². The second kappa shape index (κ2) is 11.4. The minimum atomic E-state index is -0.866. The van der Waals surface area contributed by atoms with Gasteiger partial charge in [0.05, 0.1) is 5.92 Å². The van der Waals surface area contributed by atoms with E-state index in [4.69, 9.17) is 9.84 Å². The van der Waals surface area contributed by atoms with Gasteiger partial charge in [-0.1, -0.05) is 67.8 Å². The van der Waals surface area contributed by atoms with Gasteiger partial charge in [0.1, 0.15) is 6.61 Å². The van der Waals surface area contributed by atoms with Crippen molar-refractivity contribution >= 4 is 18.0 Å². The fraction of sp³-hybridized carbons (Fsp3) is 0.464. The summed E-state index contributed by atoms with van der Waals surface area (Å²) >= 11 is 0. The second-order valence-electron chi connectivity index (χ2n) is 9.58. The molecule has 0 bridgehead atoms. The van der Waals surface area contributed by atoms with Crippen LogP contribution in [0.3, 0.4) is 0 Å². The first-order valence-corrected chi connectivity index (χ1v) is 12.5. The van der Waals surface area contributed by atoms with E-state index in [9.17, 15) is 14.4 Å². The first kappa shape index (κ1) is 24.8. The molecule has 2 aromatic rings. The Morgan fingerprint density at radius 3 is 2.26 bits per heavy atom. The molecule has 1 fully saturated rings. The molecule has 35 heavy (non-hydrogen) atoms. The highest BCUT2D eigenvalue weighted by molar-refractivity contribution is 5.81. The number of aliphatic carboxylic acids is 1. The van der Waals surface area contributed by atoms with Gasteiger partial charge in [-0.15, -0.1) is 0 Å². The molecule has 1 saturated carbocycles. The maximum absolute atomic E-state index is 13.1. The summed E-state index contributed by atoms with van der Waals surface area (Å²) in [5.74, 6) is -1.25. The average molecular weight is 479 g/mol. The molecule has 0 saturated heterocycles. The largest absolute Gasteiger partial charge is 0.481 e. The Hall–Kier alpha value is -3.35. The summed E-state index contributed by atoms with van der Waals surface area (Å²) in [4.78, 5) is 38.4. The molecule has 2 aliphatic carbocycles.